The number of hydrogen-bond acceptors (Lipinski definition) is 4. The molecule has 4 rings (SSSR count). The van der Waals surface area contributed by atoms with Gasteiger partial charge in [0.15, 0.2) is 0 Å². The Labute approximate surface area is 149 Å². The van der Waals surface area contributed by atoms with E-state index in [9.17, 15) is 0 Å². The Bertz CT molecular complexity index is 441. The Morgan fingerprint density at radius 2 is 1.38 bits per heavy atom. The summed E-state index contributed by atoms with van der Waals surface area (Å²) in [5.41, 5.74) is 1.04. The molecular weight excluding hydrogens is 296 g/mol. The zero-order chi connectivity index (χ0) is 17.1. The van der Waals surface area contributed by atoms with Crippen LogP contribution >= 0.6 is 0 Å². The molecule has 0 atom stereocenters. The highest BCUT2D eigenvalue weighted by atomic mass is 15.4. The van der Waals surface area contributed by atoms with E-state index in [1.807, 2.05) is 0 Å². The number of likely N-dealkylation sites (tertiary alicyclic amines) is 4. The summed E-state index contributed by atoms with van der Waals surface area (Å²) in [5, 5.41) is 0. The van der Waals surface area contributed by atoms with Crippen molar-refractivity contribution in [2.24, 2.45) is 5.41 Å². The maximum absolute atomic E-state index is 2.81. The first kappa shape index (κ1) is 17.3. The van der Waals surface area contributed by atoms with Gasteiger partial charge in [0.05, 0.1) is 0 Å². The highest BCUT2D eigenvalue weighted by Gasteiger charge is 2.48. The van der Waals surface area contributed by atoms with E-state index in [1.54, 1.807) is 0 Å². The molecule has 4 aliphatic rings. The standard InChI is InChI=1S/C20H38N4/c1-16(2)23-14-20(15-23)6-8-21(9-7-20)17-10-22(11-17)18-12-24(13-18)19(3,4)5/h16-18H,6-15H2,1-5H3. The predicted octanol–water partition coefficient (Wildman–Crippen LogP) is 1.96. The average molecular weight is 335 g/mol. The van der Waals surface area contributed by atoms with Gasteiger partial charge in [0.25, 0.3) is 0 Å². The smallest absolute Gasteiger partial charge is 0.0352 e. The molecule has 24 heavy (non-hydrogen) atoms. The largest absolute Gasteiger partial charge is 0.300 e. The van der Waals surface area contributed by atoms with Crippen LogP contribution in [0.25, 0.3) is 0 Å². The van der Waals surface area contributed by atoms with E-state index in [0.717, 1.165) is 18.1 Å². The predicted molar refractivity (Wildman–Crippen MR) is 100 cm³/mol. The fourth-order valence-electron chi connectivity index (χ4n) is 5.11. The maximum Gasteiger partial charge on any atom is 0.0352 e. The third-order valence-corrected chi connectivity index (χ3v) is 7.40. The summed E-state index contributed by atoms with van der Waals surface area (Å²) in [7, 11) is 0. The highest BCUT2D eigenvalue weighted by Crippen LogP contribution is 2.42. The van der Waals surface area contributed by atoms with Crippen molar-refractivity contribution in [2.75, 3.05) is 52.4 Å². The van der Waals surface area contributed by atoms with Crippen LogP contribution in [0.4, 0.5) is 0 Å². The molecule has 0 unspecified atom stereocenters. The molecule has 4 aliphatic heterocycles. The number of rotatable bonds is 3. The lowest BCUT2D eigenvalue weighted by Gasteiger charge is -2.60. The second-order valence-electron chi connectivity index (χ2n) is 10.4. The summed E-state index contributed by atoms with van der Waals surface area (Å²) in [5.74, 6) is 0. The first-order chi connectivity index (χ1) is 11.3. The molecule has 138 valence electrons. The molecule has 4 saturated heterocycles. The molecule has 4 heteroatoms. The normalized spacial score (nSPS) is 31.2. The van der Waals surface area contributed by atoms with E-state index in [1.165, 1.54) is 65.2 Å². The summed E-state index contributed by atoms with van der Waals surface area (Å²) >= 11 is 0. The van der Waals surface area contributed by atoms with Crippen LogP contribution in [0.15, 0.2) is 0 Å². The Kier molecular flexibility index (Phi) is 4.27. The second kappa shape index (κ2) is 5.94. The van der Waals surface area contributed by atoms with Crippen LogP contribution in [0.3, 0.4) is 0 Å². The minimum Gasteiger partial charge on any atom is -0.300 e. The van der Waals surface area contributed by atoms with E-state index >= 15 is 0 Å². The molecule has 0 N–H and O–H groups in total. The van der Waals surface area contributed by atoms with Crippen molar-refractivity contribution in [1.29, 1.82) is 0 Å². The molecule has 0 amide bonds. The van der Waals surface area contributed by atoms with Gasteiger partial charge in [0, 0.05) is 62.9 Å². The van der Waals surface area contributed by atoms with Crippen LogP contribution in [0.1, 0.15) is 47.5 Å². The number of piperidine rings is 1. The van der Waals surface area contributed by atoms with E-state index in [0.29, 0.717) is 11.0 Å². The first-order valence-corrected chi connectivity index (χ1v) is 10.2. The SMILES string of the molecule is CC(C)N1CC2(CCN(C3CN(C4CN(C(C)(C)C)C4)C3)CC2)C1. The Hall–Kier alpha value is -0.160. The number of nitrogens with zero attached hydrogens (tertiary/aromatic N) is 4. The topological polar surface area (TPSA) is 13.0 Å². The van der Waals surface area contributed by atoms with Crippen LogP contribution in [0.5, 0.6) is 0 Å². The van der Waals surface area contributed by atoms with Gasteiger partial charge in [0.2, 0.25) is 0 Å². The third-order valence-electron chi connectivity index (χ3n) is 7.40. The number of hydrogen-bond donors (Lipinski definition) is 0. The first-order valence-electron chi connectivity index (χ1n) is 10.2. The van der Waals surface area contributed by atoms with E-state index in [-0.39, 0.29) is 0 Å². The van der Waals surface area contributed by atoms with Crippen molar-refractivity contribution in [3.63, 3.8) is 0 Å². The Balaban J connectivity index is 1.16. The molecule has 0 saturated carbocycles. The van der Waals surface area contributed by atoms with Crippen molar-refractivity contribution in [1.82, 2.24) is 19.6 Å². The van der Waals surface area contributed by atoms with Crippen LogP contribution in [0.2, 0.25) is 0 Å². The maximum atomic E-state index is 2.81. The zero-order valence-corrected chi connectivity index (χ0v) is 16.6. The molecule has 4 nitrogen and oxygen atoms in total. The van der Waals surface area contributed by atoms with Gasteiger partial charge in [-0.1, -0.05) is 0 Å². The minimum absolute atomic E-state index is 0.356. The van der Waals surface area contributed by atoms with Crippen molar-refractivity contribution >= 4 is 0 Å². The van der Waals surface area contributed by atoms with Gasteiger partial charge in [0.1, 0.15) is 0 Å². The summed E-state index contributed by atoms with van der Waals surface area (Å²) in [4.78, 5) is 10.8. The zero-order valence-electron chi connectivity index (χ0n) is 16.6. The minimum atomic E-state index is 0.356. The van der Waals surface area contributed by atoms with Crippen molar-refractivity contribution in [3.05, 3.63) is 0 Å². The highest BCUT2D eigenvalue weighted by molar-refractivity contribution is 5.04. The third kappa shape index (κ3) is 3.04. The van der Waals surface area contributed by atoms with E-state index in [4.69, 9.17) is 0 Å². The van der Waals surface area contributed by atoms with Gasteiger partial charge in [-0.15, -0.1) is 0 Å². The molecule has 0 aromatic rings. The molecule has 0 radical (unpaired) electrons. The molecule has 0 aromatic carbocycles. The van der Waals surface area contributed by atoms with Gasteiger partial charge in [-0.3, -0.25) is 19.6 Å². The lowest BCUT2D eigenvalue weighted by atomic mass is 9.71. The molecule has 0 bridgehead atoms. The monoisotopic (exact) mass is 334 g/mol. The van der Waals surface area contributed by atoms with E-state index < -0.39 is 0 Å². The van der Waals surface area contributed by atoms with Crippen molar-refractivity contribution < 1.29 is 0 Å². The van der Waals surface area contributed by atoms with Crippen LogP contribution in [-0.4, -0.2) is 95.6 Å². The van der Waals surface area contributed by atoms with E-state index in [2.05, 4.69) is 54.2 Å². The van der Waals surface area contributed by atoms with Crippen molar-refractivity contribution in [2.45, 2.75) is 71.1 Å². The fraction of sp³-hybridized carbons (Fsp3) is 1.00. The molecule has 0 aromatic heterocycles. The average Bonchev–Trinajstić information content (AvgIpc) is 2.35. The molecule has 0 aliphatic carbocycles. The van der Waals surface area contributed by atoms with Crippen LogP contribution in [0, 0.1) is 5.41 Å². The van der Waals surface area contributed by atoms with Crippen LogP contribution < -0.4 is 0 Å². The molecule has 1 spiro atoms. The van der Waals surface area contributed by atoms with Gasteiger partial charge >= 0.3 is 0 Å². The summed E-state index contributed by atoms with van der Waals surface area (Å²) < 4.78 is 0. The van der Waals surface area contributed by atoms with Crippen LogP contribution in [-0.2, 0) is 0 Å². The summed E-state index contributed by atoms with van der Waals surface area (Å²) in [6.45, 7) is 22.3. The second-order valence-corrected chi connectivity index (χ2v) is 10.4. The summed E-state index contributed by atoms with van der Waals surface area (Å²) in [6, 6.07) is 2.43. The quantitative estimate of drug-likeness (QED) is 0.782. The van der Waals surface area contributed by atoms with Gasteiger partial charge in [-0.25, -0.2) is 0 Å². The van der Waals surface area contributed by atoms with Gasteiger partial charge in [-0.05, 0) is 66.0 Å². The van der Waals surface area contributed by atoms with Gasteiger partial charge < -0.3 is 0 Å². The Morgan fingerprint density at radius 3 is 1.88 bits per heavy atom. The lowest BCUT2D eigenvalue weighted by Crippen LogP contribution is -2.72. The lowest BCUT2D eigenvalue weighted by molar-refractivity contribution is -0.104. The molecule has 4 heterocycles. The molecule has 4 fully saturated rings. The van der Waals surface area contributed by atoms with Gasteiger partial charge in [-0.2, -0.15) is 0 Å². The Morgan fingerprint density at radius 1 is 0.833 bits per heavy atom. The fourth-order valence-corrected chi connectivity index (χ4v) is 5.11. The summed E-state index contributed by atoms with van der Waals surface area (Å²) in [6.07, 6.45) is 2.88. The van der Waals surface area contributed by atoms with Crippen molar-refractivity contribution in [3.8, 4) is 0 Å². The molecular formula is C20H38N4.